The summed E-state index contributed by atoms with van der Waals surface area (Å²) in [6.07, 6.45) is 6.53. The van der Waals surface area contributed by atoms with Crippen LogP contribution in [0.15, 0.2) is 97.1 Å². The zero-order chi connectivity index (χ0) is 50.3. The Morgan fingerprint density at radius 3 is 1.62 bits per heavy atom. The number of nitrogens with zero attached hydrogens (tertiary/aromatic N) is 3. The normalized spacial score (nSPS) is 22.2. The largest absolute Gasteiger partial charge is 0.480 e. The van der Waals surface area contributed by atoms with Crippen molar-refractivity contribution in [2.45, 2.75) is 102 Å². The molecule has 4 aliphatic heterocycles. The van der Waals surface area contributed by atoms with Gasteiger partial charge in [0.25, 0.3) is 11.8 Å². The third kappa shape index (κ3) is 11.5. The number of piperidine rings is 2. The van der Waals surface area contributed by atoms with Crippen LogP contribution in [-0.2, 0) is 52.7 Å². The Labute approximate surface area is 425 Å². The lowest BCUT2D eigenvalue weighted by Crippen LogP contribution is -2.47. The van der Waals surface area contributed by atoms with Gasteiger partial charge < -0.3 is 46.1 Å². The third-order valence-electron chi connectivity index (χ3n) is 13.8. The minimum atomic E-state index is -1.46. The highest BCUT2D eigenvalue weighted by Crippen LogP contribution is 2.47. The number of urea groups is 2. The van der Waals surface area contributed by atoms with Crippen molar-refractivity contribution in [3.8, 4) is 0 Å². The van der Waals surface area contributed by atoms with Crippen molar-refractivity contribution in [3.63, 3.8) is 0 Å². The summed E-state index contributed by atoms with van der Waals surface area (Å²) in [4.78, 5) is 101. The molecule has 19 heteroatoms. The molecule has 73 heavy (non-hydrogen) atoms. The summed E-state index contributed by atoms with van der Waals surface area (Å²) in [5.41, 5.74) is 3.47. The molecule has 6 N–H and O–H groups in total. The number of nitrogens with one attached hydrogen (secondary N) is 5. The Bertz CT molecular complexity index is 2700. The van der Waals surface area contributed by atoms with Gasteiger partial charge in [0.15, 0.2) is 0 Å². The first-order chi connectivity index (χ1) is 34.3. The molecule has 0 radical (unpaired) electrons. The van der Waals surface area contributed by atoms with Gasteiger partial charge in [-0.05, 0) is 98.0 Å². The number of imide groups is 2. The maximum atomic E-state index is 13.5. The van der Waals surface area contributed by atoms with Gasteiger partial charge in [0.05, 0.1) is 6.04 Å². The van der Waals surface area contributed by atoms with E-state index in [2.05, 4.69) is 56.9 Å². The monoisotopic (exact) mass is 1000 g/mol. The lowest BCUT2D eigenvalue weighted by molar-refractivity contribution is -0.144. The Kier molecular flexibility index (Phi) is 17.6. The topological polar surface area (TPSA) is 245 Å². The second-order valence-electron chi connectivity index (χ2n) is 18.1. The summed E-state index contributed by atoms with van der Waals surface area (Å²) in [5.74, 6) is -2.72. The molecule has 10 rings (SSSR count). The Morgan fingerprint density at radius 2 is 1.14 bits per heavy atom. The molecular weight excluding hydrogens is 937 g/mol. The summed E-state index contributed by atoms with van der Waals surface area (Å²) >= 11 is 0. The molecule has 0 saturated carbocycles. The van der Waals surface area contributed by atoms with Crippen molar-refractivity contribution < 1.29 is 52.9 Å². The lowest BCUT2D eigenvalue weighted by atomic mass is 9.94. The first kappa shape index (κ1) is 54.5. The minimum Gasteiger partial charge on any atom is -0.480 e. The number of carbonyl (C=O) groups excluding carboxylic acids is 7. The van der Waals surface area contributed by atoms with Crippen molar-refractivity contribution in [1.82, 2.24) is 30.7 Å². The molecule has 4 atom stereocenters. The summed E-state index contributed by atoms with van der Waals surface area (Å²) < 4.78 is 10.9. The highest BCUT2D eigenvalue weighted by Gasteiger charge is 2.59. The molecule has 4 heterocycles. The number of aryl methyl sites for hydroxylation is 2. The summed E-state index contributed by atoms with van der Waals surface area (Å²) in [6.45, 7) is 0.698. The summed E-state index contributed by atoms with van der Waals surface area (Å²) in [6, 6.07) is 30.5. The van der Waals surface area contributed by atoms with E-state index in [1.54, 1.807) is 41.3 Å². The Balaban J connectivity index is 0.000000197. The van der Waals surface area contributed by atoms with Crippen LogP contribution in [0.5, 0.6) is 0 Å². The third-order valence-corrected chi connectivity index (χ3v) is 13.8. The first-order valence-electron chi connectivity index (χ1n) is 24.0. The van der Waals surface area contributed by atoms with Crippen molar-refractivity contribution >= 4 is 59.3 Å². The molecule has 2 aliphatic carbocycles. The quantitative estimate of drug-likeness (QED) is 0.0994. The van der Waals surface area contributed by atoms with E-state index in [1.807, 2.05) is 30.3 Å². The molecule has 4 aromatic rings. The fraction of sp³-hybridized carbons (Fsp3) is 0.407. The predicted molar refractivity (Wildman–Crippen MR) is 272 cm³/mol. The average molecular weight is 1000 g/mol. The van der Waals surface area contributed by atoms with E-state index in [4.69, 9.17) is 14.6 Å². The second kappa shape index (κ2) is 23.6. The van der Waals surface area contributed by atoms with Gasteiger partial charge in [-0.1, -0.05) is 94.1 Å². The van der Waals surface area contributed by atoms with Crippen molar-refractivity contribution in [2.75, 3.05) is 50.9 Å². The van der Waals surface area contributed by atoms with Gasteiger partial charge >= 0.3 is 30.2 Å². The number of fused-ring (bicyclic) bond motifs is 4. The van der Waals surface area contributed by atoms with Crippen LogP contribution in [0, 0.1) is 0 Å². The number of hydrogen-bond acceptors (Lipinski definition) is 11. The van der Waals surface area contributed by atoms with Crippen LogP contribution < -0.4 is 26.6 Å². The predicted octanol–water partition coefficient (Wildman–Crippen LogP) is 7.73. The molecule has 4 aromatic carbocycles. The number of carboxylic acids is 1. The maximum absolute atomic E-state index is 13.5. The fourth-order valence-electron chi connectivity index (χ4n) is 10.3. The van der Waals surface area contributed by atoms with Gasteiger partial charge in [-0.3, -0.25) is 19.2 Å². The van der Waals surface area contributed by atoms with E-state index in [0.29, 0.717) is 59.3 Å². The SMILES string of the molecule is C.C.CNC(=O)Nc1ccc2c(c1)CC[C@@]21OC(=O)N(CC(=O)N2CCCC[C@@H]2c2ccccc2)C1=O.CNC(=O)Nc1ccc2c(c1)CC[C@@]21OC(=O)N(CC(=O)O)C1=O.c1ccc([C@H]2CCCCN2)cc1. The van der Waals surface area contributed by atoms with Gasteiger partial charge in [-0.2, -0.15) is 0 Å². The molecule has 388 valence electrons. The molecule has 0 aromatic heterocycles. The van der Waals surface area contributed by atoms with Crippen LogP contribution in [-0.4, -0.2) is 108 Å². The van der Waals surface area contributed by atoms with Crippen LogP contribution in [0.25, 0.3) is 0 Å². The maximum Gasteiger partial charge on any atom is 0.418 e. The molecule has 4 fully saturated rings. The van der Waals surface area contributed by atoms with Crippen molar-refractivity contribution in [1.29, 1.82) is 0 Å². The number of amides is 9. The smallest absolute Gasteiger partial charge is 0.418 e. The number of likely N-dealkylation sites (tertiary alicyclic amines) is 1. The number of benzene rings is 4. The standard InChI is InChI=1S/C26H28N4O5.C15H15N3O6.C11H15N.2CH4/c1-27-24(33)28-19-10-11-20-18(15-19)12-13-26(20)23(32)30(25(34)35-26)16-22(31)29-14-6-5-9-21(29)17-7-3-2-4-8-17;1-16-13(22)17-9-2-3-10-8(6-9)4-5-15(10)12(21)18(7-11(19)20)14(23)24-15;1-2-6-10(7-3-1)11-8-4-5-9-12-11;;/h2-4,7-8,10-11,15,21H,5-6,9,12-14,16H2,1H3,(H2,27,28,33);2-3,6H,4-5,7H2,1H3,(H,19,20)(H2,16,17,22);1-3,6-7,11-12H,4-5,8-9H2;2*1H4/t21-,26-;15-;11-;;/m111../s1. The number of ether oxygens (including phenoxy) is 2. The van der Waals surface area contributed by atoms with Crippen LogP contribution in [0.1, 0.15) is 112 Å². The molecule has 19 nitrogen and oxygen atoms in total. The van der Waals surface area contributed by atoms with E-state index in [0.717, 1.165) is 40.9 Å². The van der Waals surface area contributed by atoms with Crippen LogP contribution in [0.4, 0.5) is 30.6 Å². The number of hydrogen-bond donors (Lipinski definition) is 6. The van der Waals surface area contributed by atoms with E-state index in [9.17, 15) is 38.4 Å². The molecule has 4 saturated heterocycles. The molecular formula is C54H66N8O11. The molecule has 9 amide bonds. The van der Waals surface area contributed by atoms with Crippen molar-refractivity contribution in [3.05, 3.63) is 130 Å². The summed E-state index contributed by atoms with van der Waals surface area (Å²) in [7, 11) is 3.02. The van der Waals surface area contributed by atoms with E-state index >= 15 is 0 Å². The number of anilines is 2. The number of carbonyl (C=O) groups is 8. The van der Waals surface area contributed by atoms with E-state index in [-0.39, 0.29) is 51.8 Å². The number of carboxylic acid groups (broad SMARTS) is 1. The summed E-state index contributed by atoms with van der Waals surface area (Å²) in [5, 5.41) is 22.6. The van der Waals surface area contributed by atoms with Gasteiger partial charge in [0.2, 0.25) is 17.1 Å². The Morgan fingerprint density at radius 1 is 0.644 bits per heavy atom. The molecule has 0 bridgehead atoms. The minimum absolute atomic E-state index is 0. The van der Waals surface area contributed by atoms with E-state index < -0.39 is 47.7 Å². The highest BCUT2D eigenvalue weighted by molar-refractivity contribution is 6.07. The van der Waals surface area contributed by atoms with Gasteiger partial charge in [0, 0.05) is 62.0 Å². The van der Waals surface area contributed by atoms with Gasteiger partial charge in [-0.15, -0.1) is 0 Å². The number of aliphatic carboxylic acids is 1. The Hall–Kier alpha value is -7.80. The number of rotatable bonds is 8. The molecule has 0 unspecified atom stereocenters. The van der Waals surface area contributed by atoms with Gasteiger partial charge in [-0.25, -0.2) is 29.0 Å². The highest BCUT2D eigenvalue weighted by atomic mass is 16.6. The lowest BCUT2D eigenvalue weighted by Gasteiger charge is -2.36. The molecule has 6 aliphatic rings. The molecule has 2 spiro atoms. The van der Waals surface area contributed by atoms with Crippen molar-refractivity contribution in [2.24, 2.45) is 0 Å². The zero-order valence-corrected chi connectivity index (χ0v) is 39.7. The zero-order valence-electron chi connectivity index (χ0n) is 39.7. The fourth-order valence-corrected chi connectivity index (χ4v) is 10.3. The first-order valence-corrected chi connectivity index (χ1v) is 24.0. The second-order valence-corrected chi connectivity index (χ2v) is 18.1. The van der Waals surface area contributed by atoms with Crippen LogP contribution in [0.2, 0.25) is 0 Å². The van der Waals surface area contributed by atoms with Gasteiger partial charge in [0.1, 0.15) is 13.1 Å². The van der Waals surface area contributed by atoms with Crippen LogP contribution >= 0.6 is 0 Å². The van der Waals surface area contributed by atoms with E-state index in [1.165, 1.54) is 45.5 Å². The van der Waals surface area contributed by atoms with Crippen LogP contribution in [0.3, 0.4) is 0 Å². The average Bonchev–Trinajstić information content (AvgIpc) is 4.09.